The van der Waals surface area contributed by atoms with Gasteiger partial charge in [-0.05, 0) is 6.07 Å². The highest BCUT2D eigenvalue weighted by atomic mass is 16.3. The van der Waals surface area contributed by atoms with Crippen molar-refractivity contribution in [3.05, 3.63) is 24.3 Å². The Balaban J connectivity index is 3.13. The predicted octanol–water partition coefficient (Wildman–Crippen LogP) is 0.775. The number of aromatic hydroxyl groups is 1. The van der Waals surface area contributed by atoms with E-state index in [9.17, 15) is 0 Å². The minimum absolute atomic E-state index is 0.0208. The van der Waals surface area contributed by atoms with E-state index >= 15 is 0 Å². The summed E-state index contributed by atoms with van der Waals surface area (Å²) in [5, 5.41) is 8.74. The summed E-state index contributed by atoms with van der Waals surface area (Å²) < 4.78 is 0. The molecule has 1 aromatic rings. The molecule has 1 rings (SSSR count). The summed E-state index contributed by atoms with van der Waals surface area (Å²) in [6, 6.07) is 7.47. The van der Waals surface area contributed by atoms with Crippen LogP contribution in [0.25, 0.3) is 0 Å². The lowest BCUT2D eigenvalue weighted by Gasteiger charge is -1.91. The SMILES string of the molecule is Nc1ccc[c]c1O. The van der Waals surface area contributed by atoms with Crippen LogP contribution in [0.4, 0.5) is 5.69 Å². The van der Waals surface area contributed by atoms with Crippen LogP contribution in [0.3, 0.4) is 0 Å². The molecule has 0 bridgehead atoms. The molecule has 41 valence electrons. The fourth-order valence-electron chi connectivity index (χ4n) is 0.441. The molecule has 0 atom stereocenters. The number of benzene rings is 1. The number of anilines is 1. The predicted molar refractivity (Wildman–Crippen MR) is 31.4 cm³/mol. The monoisotopic (exact) mass is 108 g/mol. The van der Waals surface area contributed by atoms with Crippen molar-refractivity contribution in [3.8, 4) is 5.75 Å². The van der Waals surface area contributed by atoms with E-state index in [1.165, 1.54) is 0 Å². The van der Waals surface area contributed by atoms with Gasteiger partial charge in [-0.25, -0.2) is 0 Å². The van der Waals surface area contributed by atoms with Gasteiger partial charge in [0.15, 0.2) is 0 Å². The lowest BCUT2D eigenvalue weighted by atomic mass is 10.3. The lowest BCUT2D eigenvalue weighted by molar-refractivity contribution is 0.477. The van der Waals surface area contributed by atoms with Crippen molar-refractivity contribution in [2.24, 2.45) is 0 Å². The zero-order valence-corrected chi connectivity index (χ0v) is 4.26. The minimum Gasteiger partial charge on any atom is -0.505 e. The summed E-state index contributed by atoms with van der Waals surface area (Å²) >= 11 is 0. The Morgan fingerprint density at radius 2 is 2.38 bits per heavy atom. The van der Waals surface area contributed by atoms with Gasteiger partial charge in [-0.2, -0.15) is 0 Å². The molecule has 0 amide bonds. The van der Waals surface area contributed by atoms with E-state index in [1.54, 1.807) is 18.2 Å². The normalized spacial score (nSPS) is 9.00. The number of phenols is 1. The van der Waals surface area contributed by atoms with E-state index in [2.05, 4.69) is 6.07 Å². The molecule has 0 heterocycles. The third-order valence-corrected chi connectivity index (χ3v) is 0.865. The molecule has 2 nitrogen and oxygen atoms in total. The number of nitrogen functional groups attached to an aromatic ring is 1. The largest absolute Gasteiger partial charge is 0.505 e. The van der Waals surface area contributed by atoms with E-state index in [1.807, 2.05) is 0 Å². The average molecular weight is 108 g/mol. The van der Waals surface area contributed by atoms with E-state index in [-0.39, 0.29) is 5.75 Å². The number of phenolic OH excluding ortho intramolecular Hbond substituents is 1. The molecule has 0 fully saturated rings. The molecule has 0 saturated heterocycles. The van der Waals surface area contributed by atoms with E-state index in [0.717, 1.165) is 0 Å². The second-order valence-electron chi connectivity index (χ2n) is 1.47. The number of hydrogen-bond acceptors (Lipinski definition) is 2. The van der Waals surface area contributed by atoms with E-state index < -0.39 is 0 Å². The molecule has 1 radical (unpaired) electrons. The standard InChI is InChI=1S/C6H6NO/c7-5-3-1-2-4-6(5)8/h1-3,8H,7H2. The molecule has 1 aromatic carbocycles. The highest BCUT2D eigenvalue weighted by molar-refractivity contribution is 5.49. The van der Waals surface area contributed by atoms with Gasteiger partial charge in [0, 0.05) is 6.07 Å². The van der Waals surface area contributed by atoms with Crippen LogP contribution in [0, 0.1) is 6.07 Å². The summed E-state index contributed by atoms with van der Waals surface area (Å²) in [4.78, 5) is 0. The molecule has 0 aliphatic rings. The Morgan fingerprint density at radius 3 is 2.75 bits per heavy atom. The molecule has 0 spiro atoms. The average Bonchev–Trinajstić information content (AvgIpc) is 1.77. The maximum Gasteiger partial charge on any atom is 0.146 e. The fourth-order valence-corrected chi connectivity index (χ4v) is 0.441. The molecule has 0 aromatic heterocycles. The Bertz CT molecular complexity index is 165. The summed E-state index contributed by atoms with van der Waals surface area (Å²) in [6.07, 6.45) is 0. The zero-order chi connectivity index (χ0) is 5.98. The summed E-state index contributed by atoms with van der Waals surface area (Å²) in [5.41, 5.74) is 5.61. The van der Waals surface area contributed by atoms with Gasteiger partial charge in [-0.15, -0.1) is 0 Å². The molecular formula is C6H6NO. The van der Waals surface area contributed by atoms with Crippen LogP contribution < -0.4 is 5.73 Å². The lowest BCUT2D eigenvalue weighted by Crippen LogP contribution is -1.82. The minimum atomic E-state index is 0.0208. The van der Waals surface area contributed by atoms with Gasteiger partial charge in [-0.3, -0.25) is 0 Å². The molecule has 0 unspecified atom stereocenters. The number of rotatable bonds is 0. The molecule has 3 N–H and O–H groups in total. The molecule has 2 heteroatoms. The van der Waals surface area contributed by atoms with Crippen LogP contribution in [-0.4, -0.2) is 5.11 Å². The first-order valence-electron chi connectivity index (χ1n) is 2.26. The maximum absolute atomic E-state index is 8.74. The molecule has 0 aliphatic carbocycles. The van der Waals surface area contributed by atoms with E-state index in [0.29, 0.717) is 5.69 Å². The first-order valence-corrected chi connectivity index (χ1v) is 2.26. The second kappa shape index (κ2) is 1.74. The summed E-state index contributed by atoms with van der Waals surface area (Å²) in [6.45, 7) is 0. The van der Waals surface area contributed by atoms with Crippen molar-refractivity contribution in [2.45, 2.75) is 0 Å². The van der Waals surface area contributed by atoms with E-state index in [4.69, 9.17) is 10.8 Å². The molecule has 0 saturated carbocycles. The van der Waals surface area contributed by atoms with Crippen LogP contribution in [-0.2, 0) is 0 Å². The van der Waals surface area contributed by atoms with Crippen molar-refractivity contribution in [1.82, 2.24) is 0 Å². The number of hydrogen-bond donors (Lipinski definition) is 2. The van der Waals surface area contributed by atoms with Gasteiger partial charge in [-0.1, -0.05) is 12.1 Å². The first kappa shape index (κ1) is 4.97. The van der Waals surface area contributed by atoms with Gasteiger partial charge < -0.3 is 10.8 Å². The van der Waals surface area contributed by atoms with Gasteiger partial charge in [0.25, 0.3) is 0 Å². The van der Waals surface area contributed by atoms with Gasteiger partial charge in [0.2, 0.25) is 0 Å². The summed E-state index contributed by atoms with van der Waals surface area (Å²) in [7, 11) is 0. The van der Waals surface area contributed by atoms with Crippen molar-refractivity contribution in [2.75, 3.05) is 5.73 Å². The molecular weight excluding hydrogens is 102 g/mol. The Hall–Kier alpha value is -1.18. The van der Waals surface area contributed by atoms with Crippen LogP contribution >= 0.6 is 0 Å². The topological polar surface area (TPSA) is 46.2 Å². The van der Waals surface area contributed by atoms with Crippen molar-refractivity contribution in [3.63, 3.8) is 0 Å². The third kappa shape index (κ3) is 0.729. The maximum atomic E-state index is 8.74. The van der Waals surface area contributed by atoms with Crippen LogP contribution in [0.1, 0.15) is 0 Å². The number of nitrogens with two attached hydrogens (primary N) is 1. The van der Waals surface area contributed by atoms with Gasteiger partial charge in [0.1, 0.15) is 5.75 Å². The number of para-hydroxylation sites is 1. The molecule has 8 heavy (non-hydrogen) atoms. The highest BCUT2D eigenvalue weighted by Crippen LogP contribution is 2.15. The Kier molecular flexibility index (Phi) is 1.08. The quantitative estimate of drug-likeness (QED) is 0.381. The zero-order valence-electron chi connectivity index (χ0n) is 4.26. The first-order chi connectivity index (χ1) is 3.80. The van der Waals surface area contributed by atoms with Crippen molar-refractivity contribution in [1.29, 1.82) is 0 Å². The smallest absolute Gasteiger partial charge is 0.146 e. The van der Waals surface area contributed by atoms with Crippen molar-refractivity contribution < 1.29 is 5.11 Å². The Morgan fingerprint density at radius 1 is 1.62 bits per heavy atom. The van der Waals surface area contributed by atoms with Crippen LogP contribution in [0.2, 0.25) is 0 Å². The van der Waals surface area contributed by atoms with Crippen molar-refractivity contribution >= 4 is 5.69 Å². The fraction of sp³-hybridized carbons (Fsp3) is 0. The van der Waals surface area contributed by atoms with Crippen LogP contribution in [0.15, 0.2) is 18.2 Å². The highest BCUT2D eigenvalue weighted by Gasteiger charge is 1.88. The third-order valence-electron chi connectivity index (χ3n) is 0.865. The van der Waals surface area contributed by atoms with Gasteiger partial charge in [0.05, 0.1) is 5.69 Å². The molecule has 0 aliphatic heterocycles. The summed E-state index contributed by atoms with van der Waals surface area (Å²) in [5.74, 6) is 0.0208. The second-order valence-corrected chi connectivity index (χ2v) is 1.47. The van der Waals surface area contributed by atoms with Gasteiger partial charge >= 0.3 is 0 Å². The van der Waals surface area contributed by atoms with Crippen LogP contribution in [0.5, 0.6) is 5.75 Å². The Labute approximate surface area is 47.6 Å².